The summed E-state index contributed by atoms with van der Waals surface area (Å²) in [6.45, 7) is 5.13. The molecule has 2 rings (SSSR count). The number of ketones is 1. The second-order valence-electron chi connectivity index (χ2n) is 3.74. The Hall–Kier alpha value is -0.130. The van der Waals surface area contributed by atoms with Crippen molar-refractivity contribution in [2.75, 3.05) is 32.7 Å². The average molecular weight is 297 g/mol. The van der Waals surface area contributed by atoms with Gasteiger partial charge in [0.25, 0.3) is 0 Å². The molecule has 17 heavy (non-hydrogen) atoms. The molecular formula is C11H18Cl2N2OS. The normalized spacial score (nSPS) is 15.8. The summed E-state index contributed by atoms with van der Waals surface area (Å²) in [6.07, 6.45) is 0.653. The van der Waals surface area contributed by atoms with Crippen LogP contribution < -0.4 is 5.32 Å². The van der Waals surface area contributed by atoms with Crippen molar-refractivity contribution in [3.8, 4) is 0 Å². The largest absolute Gasteiger partial charge is 0.314 e. The number of Topliss-reactive ketones (excluding diaryl/α,β-unsaturated/α-hetero) is 1. The number of thiophene rings is 1. The van der Waals surface area contributed by atoms with Gasteiger partial charge in [-0.2, -0.15) is 0 Å². The number of piperazine rings is 1. The summed E-state index contributed by atoms with van der Waals surface area (Å²) >= 11 is 1.54. The van der Waals surface area contributed by atoms with Crippen LogP contribution in [0.15, 0.2) is 17.5 Å². The molecule has 0 saturated carbocycles. The van der Waals surface area contributed by atoms with E-state index < -0.39 is 0 Å². The zero-order valence-corrected chi connectivity index (χ0v) is 12.0. The maximum absolute atomic E-state index is 11.7. The molecule has 1 aliphatic heterocycles. The van der Waals surface area contributed by atoms with E-state index in [1.54, 1.807) is 0 Å². The topological polar surface area (TPSA) is 32.3 Å². The molecule has 1 aromatic heterocycles. The Morgan fingerprint density at radius 3 is 2.65 bits per heavy atom. The van der Waals surface area contributed by atoms with Crippen molar-refractivity contribution in [1.29, 1.82) is 0 Å². The van der Waals surface area contributed by atoms with Crippen molar-refractivity contribution in [3.05, 3.63) is 22.4 Å². The molecule has 0 aromatic carbocycles. The summed E-state index contributed by atoms with van der Waals surface area (Å²) in [4.78, 5) is 15.0. The number of halogens is 2. The van der Waals surface area contributed by atoms with Gasteiger partial charge in [0.15, 0.2) is 5.78 Å². The zero-order chi connectivity index (χ0) is 10.5. The van der Waals surface area contributed by atoms with Crippen molar-refractivity contribution in [1.82, 2.24) is 10.2 Å². The summed E-state index contributed by atoms with van der Waals surface area (Å²) in [5.74, 6) is 0.281. The molecule has 98 valence electrons. The molecule has 1 N–H and O–H groups in total. The minimum atomic E-state index is 0. The van der Waals surface area contributed by atoms with Crippen molar-refractivity contribution in [2.24, 2.45) is 0 Å². The molecule has 0 aliphatic carbocycles. The minimum Gasteiger partial charge on any atom is -0.314 e. The van der Waals surface area contributed by atoms with Crippen LogP contribution in [0.4, 0.5) is 0 Å². The van der Waals surface area contributed by atoms with Gasteiger partial charge in [0.1, 0.15) is 0 Å². The lowest BCUT2D eigenvalue weighted by Gasteiger charge is -2.26. The summed E-state index contributed by atoms with van der Waals surface area (Å²) in [5, 5.41) is 5.26. The fraction of sp³-hybridized carbons (Fsp3) is 0.545. The minimum absolute atomic E-state index is 0. The van der Waals surface area contributed by atoms with Crippen LogP contribution in [0.2, 0.25) is 0 Å². The standard InChI is InChI=1S/C11H16N2OS.2ClH/c14-10(11-2-1-9-15-11)3-6-13-7-4-12-5-8-13;;/h1-2,9,12H,3-8H2;2*1H. The van der Waals surface area contributed by atoms with E-state index in [0.29, 0.717) is 6.42 Å². The van der Waals surface area contributed by atoms with Gasteiger partial charge in [-0.3, -0.25) is 4.79 Å². The maximum atomic E-state index is 11.7. The summed E-state index contributed by atoms with van der Waals surface area (Å²) < 4.78 is 0. The molecule has 0 radical (unpaired) electrons. The second-order valence-corrected chi connectivity index (χ2v) is 4.69. The molecule has 6 heteroatoms. The quantitative estimate of drug-likeness (QED) is 0.864. The number of rotatable bonds is 4. The Labute approximate surface area is 118 Å². The molecule has 0 amide bonds. The van der Waals surface area contributed by atoms with Gasteiger partial charge >= 0.3 is 0 Å². The Balaban J connectivity index is 0.00000128. The fourth-order valence-electron chi connectivity index (χ4n) is 1.75. The first-order valence-electron chi connectivity index (χ1n) is 5.36. The van der Waals surface area contributed by atoms with E-state index in [-0.39, 0.29) is 30.6 Å². The first-order valence-corrected chi connectivity index (χ1v) is 6.24. The van der Waals surface area contributed by atoms with Crippen LogP contribution >= 0.6 is 36.2 Å². The highest BCUT2D eigenvalue weighted by Gasteiger charge is 2.12. The predicted molar refractivity (Wildman–Crippen MR) is 77.1 cm³/mol. The summed E-state index contributed by atoms with van der Waals surface area (Å²) in [5.41, 5.74) is 0. The van der Waals surface area contributed by atoms with Crippen LogP contribution in [0.25, 0.3) is 0 Å². The monoisotopic (exact) mass is 296 g/mol. The first-order chi connectivity index (χ1) is 7.36. The van der Waals surface area contributed by atoms with Crippen molar-refractivity contribution >= 4 is 41.9 Å². The maximum Gasteiger partial charge on any atom is 0.174 e. The van der Waals surface area contributed by atoms with Gasteiger partial charge in [-0.15, -0.1) is 36.2 Å². The summed E-state index contributed by atoms with van der Waals surface area (Å²) in [7, 11) is 0. The molecule has 0 bridgehead atoms. The molecule has 1 saturated heterocycles. The number of nitrogens with zero attached hydrogens (tertiary/aromatic N) is 1. The Bertz CT molecular complexity index is 313. The molecule has 0 spiro atoms. The van der Waals surface area contributed by atoms with Crippen LogP contribution in [0.3, 0.4) is 0 Å². The first kappa shape index (κ1) is 16.9. The van der Waals surface area contributed by atoms with E-state index in [1.807, 2.05) is 17.5 Å². The van der Waals surface area contributed by atoms with Crippen molar-refractivity contribution in [3.63, 3.8) is 0 Å². The van der Waals surface area contributed by atoms with Crippen LogP contribution in [-0.4, -0.2) is 43.4 Å². The predicted octanol–water partition coefficient (Wildman–Crippen LogP) is 2.07. The highest BCUT2D eigenvalue weighted by atomic mass is 35.5. The summed E-state index contributed by atoms with van der Waals surface area (Å²) in [6, 6.07) is 3.84. The van der Waals surface area contributed by atoms with Crippen LogP contribution in [0.5, 0.6) is 0 Å². The highest BCUT2D eigenvalue weighted by molar-refractivity contribution is 7.12. The van der Waals surface area contributed by atoms with E-state index in [4.69, 9.17) is 0 Å². The van der Waals surface area contributed by atoms with E-state index in [0.717, 1.165) is 37.6 Å². The molecule has 0 unspecified atom stereocenters. The van der Waals surface area contributed by atoms with Gasteiger partial charge in [-0.1, -0.05) is 6.07 Å². The van der Waals surface area contributed by atoms with Gasteiger partial charge in [0.2, 0.25) is 0 Å². The van der Waals surface area contributed by atoms with Crippen molar-refractivity contribution in [2.45, 2.75) is 6.42 Å². The van der Waals surface area contributed by atoms with Gasteiger partial charge in [-0.25, -0.2) is 0 Å². The molecule has 0 atom stereocenters. The number of nitrogens with one attached hydrogen (secondary N) is 1. The van der Waals surface area contributed by atoms with E-state index in [1.165, 1.54) is 11.3 Å². The van der Waals surface area contributed by atoms with Crippen LogP contribution in [0, 0.1) is 0 Å². The highest BCUT2D eigenvalue weighted by Crippen LogP contribution is 2.11. The number of carbonyl (C=O) groups is 1. The van der Waals surface area contributed by atoms with Gasteiger partial charge in [0.05, 0.1) is 4.88 Å². The number of carbonyl (C=O) groups excluding carboxylic acids is 1. The Morgan fingerprint density at radius 2 is 2.06 bits per heavy atom. The lowest BCUT2D eigenvalue weighted by atomic mass is 10.2. The van der Waals surface area contributed by atoms with Crippen molar-refractivity contribution < 1.29 is 4.79 Å². The second kappa shape index (κ2) is 8.89. The molecule has 1 aromatic rings. The van der Waals surface area contributed by atoms with E-state index >= 15 is 0 Å². The lowest BCUT2D eigenvalue weighted by Crippen LogP contribution is -2.44. The molecule has 1 fully saturated rings. The third-order valence-corrected chi connectivity index (χ3v) is 3.57. The fourth-order valence-corrected chi connectivity index (χ4v) is 2.45. The van der Waals surface area contributed by atoms with Crippen LogP contribution in [0.1, 0.15) is 16.1 Å². The third kappa shape index (κ3) is 5.36. The Morgan fingerprint density at radius 1 is 1.35 bits per heavy atom. The zero-order valence-electron chi connectivity index (χ0n) is 9.55. The smallest absolute Gasteiger partial charge is 0.174 e. The molecule has 3 nitrogen and oxygen atoms in total. The Kier molecular flexibility index (Phi) is 8.82. The van der Waals surface area contributed by atoms with E-state index in [9.17, 15) is 4.79 Å². The van der Waals surface area contributed by atoms with Gasteiger partial charge in [0, 0.05) is 39.1 Å². The van der Waals surface area contributed by atoms with Gasteiger partial charge in [-0.05, 0) is 11.4 Å². The van der Waals surface area contributed by atoms with Crippen LogP contribution in [-0.2, 0) is 0 Å². The molecule has 1 aliphatic rings. The van der Waals surface area contributed by atoms with E-state index in [2.05, 4.69) is 10.2 Å². The molecular weight excluding hydrogens is 279 g/mol. The number of hydrogen-bond acceptors (Lipinski definition) is 4. The SMILES string of the molecule is Cl.Cl.O=C(CCN1CCNCC1)c1cccs1. The average Bonchev–Trinajstić information content (AvgIpc) is 2.81. The lowest BCUT2D eigenvalue weighted by molar-refractivity contribution is 0.0964. The number of hydrogen-bond donors (Lipinski definition) is 1. The third-order valence-electron chi connectivity index (χ3n) is 2.66. The molecule has 2 heterocycles. The van der Waals surface area contributed by atoms with Gasteiger partial charge < -0.3 is 10.2 Å².